The monoisotopic (exact) mass is 423 g/mol. The highest BCUT2D eigenvalue weighted by Crippen LogP contribution is 2.23. The summed E-state index contributed by atoms with van der Waals surface area (Å²) in [5.74, 6) is 0.564. The van der Waals surface area contributed by atoms with Gasteiger partial charge in [-0.2, -0.15) is 0 Å². The van der Waals surface area contributed by atoms with Gasteiger partial charge in [0.25, 0.3) is 0 Å². The maximum Gasteiger partial charge on any atom is 0.310 e. The van der Waals surface area contributed by atoms with Crippen molar-refractivity contribution in [3.8, 4) is 17.1 Å². The van der Waals surface area contributed by atoms with Crippen LogP contribution in [-0.4, -0.2) is 49.9 Å². The first-order valence-corrected chi connectivity index (χ1v) is 10.6. The minimum atomic E-state index is -0.113. The van der Waals surface area contributed by atoms with Crippen LogP contribution in [0.15, 0.2) is 54.9 Å². The number of aromatic nitrogens is 4. The molecule has 1 aliphatic heterocycles. The maximum atomic E-state index is 12.2. The number of rotatable bonds is 6. The zero-order valence-electron chi connectivity index (χ0n) is 17.0. The Morgan fingerprint density at radius 3 is 2.70 bits per heavy atom. The molecule has 0 unspecified atom stereocenters. The van der Waals surface area contributed by atoms with Crippen molar-refractivity contribution < 1.29 is 9.53 Å². The van der Waals surface area contributed by atoms with Crippen LogP contribution >= 0.6 is 12.2 Å². The first-order chi connectivity index (χ1) is 14.7. The van der Waals surface area contributed by atoms with Gasteiger partial charge in [0, 0.05) is 30.2 Å². The minimum absolute atomic E-state index is 0.0938. The van der Waals surface area contributed by atoms with E-state index < -0.39 is 0 Å². The van der Waals surface area contributed by atoms with E-state index in [2.05, 4.69) is 9.88 Å². The normalized spacial score (nSPS) is 17.0. The summed E-state index contributed by atoms with van der Waals surface area (Å²) in [5, 5.41) is 4.85. The van der Waals surface area contributed by atoms with E-state index in [1.807, 2.05) is 58.6 Å². The molecule has 0 spiro atoms. The molecule has 1 aromatic carbocycles. The van der Waals surface area contributed by atoms with Gasteiger partial charge in [-0.15, -0.1) is 5.10 Å². The summed E-state index contributed by atoms with van der Waals surface area (Å²) in [7, 11) is 0. The van der Waals surface area contributed by atoms with E-state index in [0.29, 0.717) is 24.6 Å². The van der Waals surface area contributed by atoms with Crippen molar-refractivity contribution in [2.75, 3.05) is 19.7 Å². The number of nitrogens with zero attached hydrogens (tertiary/aromatic N) is 5. The molecule has 0 aliphatic carbocycles. The van der Waals surface area contributed by atoms with Crippen molar-refractivity contribution in [3.05, 3.63) is 59.6 Å². The summed E-state index contributed by atoms with van der Waals surface area (Å²) in [4.78, 5) is 18.5. The first kappa shape index (κ1) is 20.4. The third-order valence-corrected chi connectivity index (χ3v) is 5.64. The van der Waals surface area contributed by atoms with Crippen LogP contribution in [0.25, 0.3) is 17.1 Å². The van der Waals surface area contributed by atoms with Crippen LogP contribution in [0.1, 0.15) is 19.8 Å². The molecule has 1 atom stereocenters. The van der Waals surface area contributed by atoms with Crippen molar-refractivity contribution in [3.63, 3.8) is 0 Å². The standard InChI is InChI=1S/C22H25N5O2S/c1-2-29-21(28)18-7-6-14-25(15-18)16-26-22(30)27(19-8-4-3-5-9-19)20(24-26)17-10-12-23-13-11-17/h3-5,8-13,18H,2,6-7,14-16H2,1H3/t18-/m0/s1. The number of pyridine rings is 1. The van der Waals surface area contributed by atoms with E-state index in [1.165, 1.54) is 0 Å². The van der Waals surface area contributed by atoms with Gasteiger partial charge in [0.1, 0.15) is 0 Å². The van der Waals surface area contributed by atoms with Gasteiger partial charge in [0.05, 0.1) is 19.2 Å². The molecular formula is C22H25N5O2S. The number of likely N-dealkylation sites (tertiary alicyclic amines) is 1. The summed E-state index contributed by atoms with van der Waals surface area (Å²) in [6.45, 7) is 4.35. The first-order valence-electron chi connectivity index (χ1n) is 10.2. The number of para-hydroxylation sites is 1. The number of hydrogen-bond acceptors (Lipinski definition) is 6. The van der Waals surface area contributed by atoms with Gasteiger partial charge in [-0.3, -0.25) is 19.2 Å². The van der Waals surface area contributed by atoms with Gasteiger partial charge < -0.3 is 4.74 Å². The van der Waals surface area contributed by atoms with Crippen molar-refractivity contribution in [1.29, 1.82) is 0 Å². The Kier molecular flexibility index (Phi) is 6.35. The third-order valence-electron chi connectivity index (χ3n) is 5.25. The summed E-state index contributed by atoms with van der Waals surface area (Å²) in [6.07, 6.45) is 5.32. The second kappa shape index (κ2) is 9.32. The Hall–Kier alpha value is -2.84. The molecular weight excluding hydrogens is 398 g/mol. The van der Waals surface area contributed by atoms with E-state index in [1.54, 1.807) is 12.4 Å². The Morgan fingerprint density at radius 2 is 1.97 bits per heavy atom. The molecule has 2 aromatic heterocycles. The molecule has 4 rings (SSSR count). The highest BCUT2D eigenvalue weighted by Gasteiger charge is 2.27. The molecule has 0 radical (unpaired) electrons. The van der Waals surface area contributed by atoms with Crippen molar-refractivity contribution in [2.24, 2.45) is 5.92 Å². The summed E-state index contributed by atoms with van der Waals surface area (Å²) in [6, 6.07) is 13.8. The molecule has 7 nitrogen and oxygen atoms in total. The fraction of sp³-hybridized carbons (Fsp3) is 0.364. The quantitative estimate of drug-likeness (QED) is 0.445. The van der Waals surface area contributed by atoms with Crippen molar-refractivity contribution >= 4 is 18.2 Å². The molecule has 3 aromatic rings. The van der Waals surface area contributed by atoms with Crippen LogP contribution in [0.2, 0.25) is 0 Å². The lowest BCUT2D eigenvalue weighted by molar-refractivity contribution is -0.150. The molecule has 0 bridgehead atoms. The number of hydrogen-bond donors (Lipinski definition) is 0. The lowest BCUT2D eigenvalue weighted by atomic mass is 9.99. The number of benzene rings is 1. The van der Waals surface area contributed by atoms with Gasteiger partial charge in [-0.1, -0.05) is 18.2 Å². The SMILES string of the molecule is CCOC(=O)[C@H]1CCCN(Cn2nc(-c3ccncc3)n(-c3ccccc3)c2=S)C1. The van der Waals surface area contributed by atoms with Crippen LogP contribution in [0.4, 0.5) is 0 Å². The molecule has 1 saturated heterocycles. The van der Waals surface area contributed by atoms with Gasteiger partial charge in [-0.25, -0.2) is 4.68 Å². The Morgan fingerprint density at radius 1 is 1.20 bits per heavy atom. The van der Waals surface area contributed by atoms with Crippen molar-refractivity contribution in [2.45, 2.75) is 26.4 Å². The number of carbonyl (C=O) groups is 1. The smallest absolute Gasteiger partial charge is 0.310 e. The molecule has 0 saturated carbocycles. The van der Waals surface area contributed by atoms with E-state index in [9.17, 15) is 4.79 Å². The summed E-state index contributed by atoms with van der Waals surface area (Å²) in [5.41, 5.74) is 1.91. The van der Waals surface area contributed by atoms with Crippen LogP contribution in [0.3, 0.4) is 0 Å². The Bertz CT molecular complexity index is 1050. The molecule has 0 N–H and O–H groups in total. The molecule has 3 heterocycles. The fourth-order valence-corrected chi connectivity index (χ4v) is 4.11. The number of ether oxygens (including phenoxy) is 1. The molecule has 1 fully saturated rings. The van der Waals surface area contributed by atoms with Gasteiger partial charge in [0.2, 0.25) is 4.77 Å². The molecule has 8 heteroatoms. The topological polar surface area (TPSA) is 65.2 Å². The van der Waals surface area contributed by atoms with E-state index in [-0.39, 0.29) is 11.9 Å². The van der Waals surface area contributed by atoms with E-state index in [0.717, 1.165) is 36.5 Å². The summed E-state index contributed by atoms with van der Waals surface area (Å²) < 4.78 is 9.66. The average Bonchev–Trinajstić information content (AvgIpc) is 3.11. The lowest BCUT2D eigenvalue weighted by Gasteiger charge is -2.31. The molecule has 156 valence electrons. The fourth-order valence-electron chi connectivity index (χ4n) is 3.82. The number of piperidine rings is 1. The maximum absolute atomic E-state index is 12.2. The highest BCUT2D eigenvalue weighted by molar-refractivity contribution is 7.71. The van der Waals surface area contributed by atoms with Crippen LogP contribution in [0, 0.1) is 10.7 Å². The van der Waals surface area contributed by atoms with Crippen LogP contribution in [-0.2, 0) is 16.2 Å². The van der Waals surface area contributed by atoms with Crippen LogP contribution in [0.5, 0.6) is 0 Å². The minimum Gasteiger partial charge on any atom is -0.466 e. The molecule has 1 aliphatic rings. The molecule has 0 amide bonds. The number of carbonyl (C=O) groups excluding carboxylic acids is 1. The van der Waals surface area contributed by atoms with Gasteiger partial charge in [0.15, 0.2) is 5.82 Å². The largest absolute Gasteiger partial charge is 0.466 e. The highest BCUT2D eigenvalue weighted by atomic mass is 32.1. The van der Waals surface area contributed by atoms with Gasteiger partial charge in [-0.05, 0) is 62.8 Å². The predicted octanol–water partition coefficient (Wildman–Crippen LogP) is 3.70. The van der Waals surface area contributed by atoms with E-state index >= 15 is 0 Å². The lowest BCUT2D eigenvalue weighted by Crippen LogP contribution is -2.40. The zero-order chi connectivity index (χ0) is 20.9. The Labute approximate surface area is 180 Å². The third kappa shape index (κ3) is 4.34. The Balaban J connectivity index is 1.65. The second-order valence-corrected chi connectivity index (χ2v) is 7.69. The van der Waals surface area contributed by atoms with Gasteiger partial charge >= 0.3 is 5.97 Å². The molecule has 30 heavy (non-hydrogen) atoms. The zero-order valence-corrected chi connectivity index (χ0v) is 17.8. The predicted molar refractivity (Wildman–Crippen MR) is 117 cm³/mol. The number of esters is 1. The van der Waals surface area contributed by atoms with Crippen LogP contribution < -0.4 is 0 Å². The van der Waals surface area contributed by atoms with E-state index in [4.69, 9.17) is 22.1 Å². The second-order valence-electron chi connectivity index (χ2n) is 7.32. The van der Waals surface area contributed by atoms with Crippen molar-refractivity contribution in [1.82, 2.24) is 24.2 Å². The average molecular weight is 424 g/mol. The summed E-state index contributed by atoms with van der Waals surface area (Å²) >= 11 is 5.82.